The van der Waals surface area contributed by atoms with Gasteiger partial charge in [0.2, 0.25) is 0 Å². The van der Waals surface area contributed by atoms with E-state index in [2.05, 4.69) is 0 Å². The third kappa shape index (κ3) is 3.55. The average Bonchev–Trinajstić information content (AvgIpc) is 3.54. The number of esters is 6. The maximum Gasteiger partial charge on any atom is 0.355 e. The smallest absolute Gasteiger partial charge is 0.355 e. The number of aromatic nitrogens is 1. The van der Waals surface area contributed by atoms with Crippen LogP contribution in [0.25, 0.3) is 5.69 Å². The number of anilines is 1. The van der Waals surface area contributed by atoms with Crippen LogP contribution in [-0.4, -0.2) is 89.1 Å². The van der Waals surface area contributed by atoms with Crippen molar-refractivity contribution < 1.29 is 57.2 Å². The number of nitrogens with zero attached hydrogens (tertiary/aromatic N) is 2. The van der Waals surface area contributed by atoms with Crippen molar-refractivity contribution in [2.45, 2.75) is 11.6 Å². The topological polar surface area (TPSA) is 166 Å². The fourth-order valence-corrected chi connectivity index (χ4v) is 5.76. The van der Waals surface area contributed by atoms with Gasteiger partial charge in [-0.25, -0.2) is 19.2 Å². The molecular weight excluding hydrogens is 532 g/mol. The Morgan fingerprint density at radius 3 is 1.80 bits per heavy atom. The second kappa shape index (κ2) is 10.4. The van der Waals surface area contributed by atoms with Crippen molar-refractivity contribution in [3.8, 4) is 5.69 Å². The summed E-state index contributed by atoms with van der Waals surface area (Å²) < 4.78 is 31.3. The Morgan fingerprint density at radius 2 is 1.27 bits per heavy atom. The summed E-state index contributed by atoms with van der Waals surface area (Å²) in [6.07, 6.45) is 0. The van der Waals surface area contributed by atoms with E-state index < -0.39 is 59.2 Å². The standard InChI is InChI=1S/C26H26N2O12/c1-35-20(29)12-11-15-26(25(34)40-6)17(22(31)37-3)16(21(30)36-2)19(24(33)39-5)28(26)14-10-8-7-9-13(14)27(15)18(12)23(32)38-4/h7-11,16-17,19H,1-6H3. The molecule has 1 aromatic carbocycles. The first-order valence-corrected chi connectivity index (χ1v) is 11.8. The molecule has 2 aliphatic heterocycles. The molecule has 2 aliphatic rings. The Bertz CT molecular complexity index is 1430. The quantitative estimate of drug-likeness (QED) is 0.353. The van der Waals surface area contributed by atoms with Gasteiger partial charge in [0.15, 0.2) is 5.54 Å². The van der Waals surface area contributed by atoms with E-state index in [1.807, 2.05) is 0 Å². The first-order valence-electron chi connectivity index (χ1n) is 11.8. The summed E-state index contributed by atoms with van der Waals surface area (Å²) in [5, 5.41) is 0. The minimum absolute atomic E-state index is 0.119. The highest BCUT2D eigenvalue weighted by atomic mass is 16.6. The molecule has 40 heavy (non-hydrogen) atoms. The largest absolute Gasteiger partial charge is 0.469 e. The molecule has 0 N–H and O–H groups in total. The molecule has 4 unspecified atom stereocenters. The van der Waals surface area contributed by atoms with E-state index in [-0.39, 0.29) is 28.3 Å². The van der Waals surface area contributed by atoms with Crippen LogP contribution in [0, 0.1) is 11.8 Å². The Balaban J connectivity index is 2.31. The van der Waals surface area contributed by atoms with E-state index in [1.165, 1.54) is 15.5 Å². The number of rotatable bonds is 6. The van der Waals surface area contributed by atoms with E-state index >= 15 is 0 Å². The SMILES string of the molecule is COC(=O)c1cc2n(c1C(=O)OC)-c1ccccc1N1C(C(=O)OC)C(C(=O)OC)C(C(=O)OC)C21C(=O)OC. The predicted octanol–water partition coefficient (Wildman–Crippen LogP) is 0.372. The molecule has 2 aromatic rings. The summed E-state index contributed by atoms with van der Waals surface area (Å²) in [6, 6.07) is 5.75. The number of fused-ring (bicyclic) bond motifs is 6. The molecular formula is C26H26N2O12. The lowest BCUT2D eigenvalue weighted by atomic mass is 9.75. The summed E-state index contributed by atoms with van der Waals surface area (Å²) in [5.41, 5.74) is -2.86. The van der Waals surface area contributed by atoms with Crippen LogP contribution in [0.1, 0.15) is 26.5 Å². The molecule has 4 atom stereocenters. The van der Waals surface area contributed by atoms with Crippen LogP contribution in [0.5, 0.6) is 0 Å². The fourth-order valence-electron chi connectivity index (χ4n) is 5.76. The fraction of sp³-hybridized carbons (Fsp3) is 0.385. The highest BCUT2D eigenvalue weighted by Gasteiger charge is 2.74. The first kappa shape index (κ1) is 28.1. The highest BCUT2D eigenvalue weighted by molar-refractivity contribution is 6.08. The van der Waals surface area contributed by atoms with Gasteiger partial charge in [0, 0.05) is 0 Å². The zero-order valence-electron chi connectivity index (χ0n) is 22.4. The van der Waals surface area contributed by atoms with Crippen molar-refractivity contribution in [2.24, 2.45) is 11.8 Å². The molecule has 14 heteroatoms. The summed E-state index contributed by atoms with van der Waals surface area (Å²) in [6.45, 7) is 0. The molecule has 4 rings (SSSR count). The molecule has 1 fully saturated rings. The van der Waals surface area contributed by atoms with Gasteiger partial charge in [0.1, 0.15) is 23.6 Å². The summed E-state index contributed by atoms with van der Waals surface area (Å²) >= 11 is 0. The lowest BCUT2D eigenvalue weighted by Gasteiger charge is -2.45. The molecule has 0 radical (unpaired) electrons. The van der Waals surface area contributed by atoms with Crippen molar-refractivity contribution >= 4 is 41.5 Å². The van der Waals surface area contributed by atoms with Crippen molar-refractivity contribution in [3.63, 3.8) is 0 Å². The van der Waals surface area contributed by atoms with Gasteiger partial charge < -0.3 is 37.9 Å². The number of benzene rings is 1. The van der Waals surface area contributed by atoms with Gasteiger partial charge in [-0.15, -0.1) is 0 Å². The lowest BCUT2D eigenvalue weighted by Crippen LogP contribution is -2.60. The van der Waals surface area contributed by atoms with Gasteiger partial charge in [-0.05, 0) is 18.2 Å². The normalized spacial score (nSPS) is 22.1. The minimum Gasteiger partial charge on any atom is -0.469 e. The molecule has 0 aliphatic carbocycles. The van der Waals surface area contributed by atoms with Crippen LogP contribution in [0.15, 0.2) is 30.3 Å². The Hall–Kier alpha value is -4.88. The van der Waals surface area contributed by atoms with Crippen LogP contribution in [0.2, 0.25) is 0 Å². The number of carbonyl (C=O) groups is 6. The van der Waals surface area contributed by atoms with Crippen LogP contribution in [0.3, 0.4) is 0 Å². The maximum absolute atomic E-state index is 14.1. The number of ether oxygens (including phenoxy) is 6. The van der Waals surface area contributed by atoms with Crippen molar-refractivity contribution in [1.29, 1.82) is 0 Å². The van der Waals surface area contributed by atoms with Crippen molar-refractivity contribution in [2.75, 3.05) is 47.6 Å². The molecule has 1 saturated heterocycles. The average molecular weight is 558 g/mol. The second-order valence-electron chi connectivity index (χ2n) is 8.74. The Labute approximate surface area is 227 Å². The van der Waals surface area contributed by atoms with E-state index in [1.54, 1.807) is 18.2 Å². The van der Waals surface area contributed by atoms with Gasteiger partial charge in [-0.2, -0.15) is 0 Å². The zero-order chi connectivity index (χ0) is 29.5. The van der Waals surface area contributed by atoms with E-state index in [4.69, 9.17) is 28.4 Å². The van der Waals surface area contributed by atoms with E-state index in [9.17, 15) is 28.8 Å². The lowest BCUT2D eigenvalue weighted by molar-refractivity contribution is -0.165. The van der Waals surface area contributed by atoms with Crippen LogP contribution in [-0.2, 0) is 53.1 Å². The number of hydrogen-bond donors (Lipinski definition) is 0. The van der Waals surface area contributed by atoms with Gasteiger partial charge >= 0.3 is 35.8 Å². The monoisotopic (exact) mass is 558 g/mol. The van der Waals surface area contributed by atoms with Gasteiger partial charge in [-0.1, -0.05) is 12.1 Å². The van der Waals surface area contributed by atoms with Crippen LogP contribution >= 0.6 is 0 Å². The molecule has 1 aromatic heterocycles. The first-order chi connectivity index (χ1) is 19.1. The van der Waals surface area contributed by atoms with Crippen molar-refractivity contribution in [3.05, 3.63) is 47.3 Å². The number of para-hydroxylation sites is 2. The van der Waals surface area contributed by atoms with Gasteiger partial charge in [0.25, 0.3) is 0 Å². The molecule has 14 nitrogen and oxygen atoms in total. The Kier molecular flexibility index (Phi) is 7.28. The summed E-state index contributed by atoms with van der Waals surface area (Å²) in [4.78, 5) is 81.6. The van der Waals surface area contributed by atoms with Crippen LogP contribution < -0.4 is 4.90 Å². The zero-order valence-corrected chi connectivity index (χ0v) is 22.4. The second-order valence-corrected chi connectivity index (χ2v) is 8.74. The van der Waals surface area contributed by atoms with Gasteiger partial charge in [-0.3, -0.25) is 9.59 Å². The molecule has 0 saturated carbocycles. The molecule has 0 spiro atoms. The number of carbonyl (C=O) groups excluding carboxylic acids is 6. The predicted molar refractivity (Wildman–Crippen MR) is 131 cm³/mol. The molecule has 3 heterocycles. The number of hydrogen-bond acceptors (Lipinski definition) is 13. The van der Waals surface area contributed by atoms with Gasteiger partial charge in [0.05, 0.1) is 65.3 Å². The molecule has 212 valence electrons. The van der Waals surface area contributed by atoms with Crippen molar-refractivity contribution in [1.82, 2.24) is 4.57 Å². The third-order valence-corrected chi connectivity index (χ3v) is 7.23. The minimum atomic E-state index is -2.36. The summed E-state index contributed by atoms with van der Waals surface area (Å²) in [7, 11) is 6.38. The molecule has 0 amide bonds. The van der Waals surface area contributed by atoms with E-state index in [0.717, 1.165) is 48.7 Å². The van der Waals surface area contributed by atoms with E-state index in [0.29, 0.717) is 0 Å². The maximum atomic E-state index is 14.1. The Morgan fingerprint density at radius 1 is 0.700 bits per heavy atom. The van der Waals surface area contributed by atoms with Crippen LogP contribution in [0.4, 0.5) is 5.69 Å². The summed E-state index contributed by atoms with van der Waals surface area (Å²) in [5.74, 6) is -9.59. The number of methoxy groups -OCH3 is 6. The molecule has 0 bridgehead atoms. The third-order valence-electron chi connectivity index (χ3n) is 7.23. The highest BCUT2D eigenvalue weighted by Crippen LogP contribution is 2.58.